The highest BCUT2D eigenvalue weighted by molar-refractivity contribution is 5.86. The average Bonchev–Trinajstić information content (AvgIpc) is 2.91. The highest BCUT2D eigenvalue weighted by Crippen LogP contribution is 2.31. The van der Waals surface area contributed by atoms with E-state index in [1.165, 1.54) is 7.11 Å². The van der Waals surface area contributed by atoms with Crippen molar-refractivity contribution in [2.45, 2.75) is 32.2 Å². The van der Waals surface area contributed by atoms with E-state index in [-0.39, 0.29) is 11.8 Å². The average molecular weight is 275 g/mol. The molecule has 1 aliphatic rings. The summed E-state index contributed by atoms with van der Waals surface area (Å²) in [4.78, 5) is 24.2. The molecular formula is C16H21NO3. The van der Waals surface area contributed by atoms with Crippen LogP contribution in [0.5, 0.6) is 0 Å². The van der Waals surface area contributed by atoms with Crippen LogP contribution < -0.4 is 5.32 Å². The second-order valence-corrected chi connectivity index (χ2v) is 5.39. The molecule has 1 fully saturated rings. The van der Waals surface area contributed by atoms with Crippen LogP contribution in [0, 0.1) is 11.8 Å². The van der Waals surface area contributed by atoms with E-state index in [0.29, 0.717) is 5.92 Å². The molecule has 0 heterocycles. The maximum atomic E-state index is 12.3. The Morgan fingerprint density at radius 1 is 1.25 bits per heavy atom. The lowest BCUT2D eigenvalue weighted by molar-refractivity contribution is -0.146. The van der Waals surface area contributed by atoms with Crippen LogP contribution in [0.2, 0.25) is 0 Å². The lowest BCUT2D eigenvalue weighted by Gasteiger charge is -2.21. The summed E-state index contributed by atoms with van der Waals surface area (Å²) in [6.07, 6.45) is 3.05. The number of nitrogens with one attached hydrogen (secondary N) is 1. The van der Waals surface area contributed by atoms with Crippen LogP contribution in [0.4, 0.5) is 0 Å². The van der Waals surface area contributed by atoms with Gasteiger partial charge in [0.15, 0.2) is 6.04 Å². The van der Waals surface area contributed by atoms with E-state index in [1.54, 1.807) is 0 Å². The molecule has 3 unspecified atom stereocenters. The molecule has 0 bridgehead atoms. The van der Waals surface area contributed by atoms with Gasteiger partial charge >= 0.3 is 5.97 Å². The standard InChI is InChI=1S/C16H21NO3/c1-11-7-6-10-13(11)15(18)17-14(16(19)20-2)12-8-4-3-5-9-12/h3-5,8-9,11,13-14H,6-7,10H2,1-2H3,(H,17,18). The van der Waals surface area contributed by atoms with E-state index in [9.17, 15) is 9.59 Å². The monoisotopic (exact) mass is 275 g/mol. The molecule has 0 spiro atoms. The molecule has 2 rings (SSSR count). The Bertz CT molecular complexity index is 472. The summed E-state index contributed by atoms with van der Waals surface area (Å²) in [5.74, 6) is -0.0978. The summed E-state index contributed by atoms with van der Waals surface area (Å²) in [5.41, 5.74) is 0.748. The Morgan fingerprint density at radius 3 is 2.50 bits per heavy atom. The van der Waals surface area contributed by atoms with Crippen molar-refractivity contribution in [3.05, 3.63) is 35.9 Å². The van der Waals surface area contributed by atoms with Gasteiger partial charge in [0.25, 0.3) is 0 Å². The fraction of sp³-hybridized carbons (Fsp3) is 0.500. The second kappa shape index (κ2) is 6.55. The highest BCUT2D eigenvalue weighted by atomic mass is 16.5. The lowest BCUT2D eigenvalue weighted by atomic mass is 9.96. The van der Waals surface area contributed by atoms with Crippen molar-refractivity contribution in [2.75, 3.05) is 7.11 Å². The van der Waals surface area contributed by atoms with Gasteiger partial charge in [0.1, 0.15) is 0 Å². The van der Waals surface area contributed by atoms with Crippen LogP contribution in [0.25, 0.3) is 0 Å². The van der Waals surface area contributed by atoms with E-state index in [0.717, 1.165) is 24.8 Å². The first kappa shape index (κ1) is 14.6. The molecule has 0 radical (unpaired) electrons. The zero-order chi connectivity index (χ0) is 14.5. The number of carbonyl (C=O) groups is 2. The second-order valence-electron chi connectivity index (χ2n) is 5.39. The van der Waals surface area contributed by atoms with Gasteiger partial charge in [-0.3, -0.25) is 4.79 Å². The molecular weight excluding hydrogens is 254 g/mol. The Balaban J connectivity index is 2.12. The van der Waals surface area contributed by atoms with Crippen LogP contribution in [-0.2, 0) is 14.3 Å². The quantitative estimate of drug-likeness (QED) is 0.859. The number of hydrogen-bond donors (Lipinski definition) is 1. The van der Waals surface area contributed by atoms with Gasteiger partial charge in [0.05, 0.1) is 7.11 Å². The summed E-state index contributed by atoms with van der Waals surface area (Å²) in [5, 5.41) is 2.84. The fourth-order valence-electron chi connectivity index (χ4n) is 2.83. The van der Waals surface area contributed by atoms with Gasteiger partial charge in [-0.05, 0) is 24.3 Å². The molecule has 108 valence electrons. The third-order valence-corrected chi connectivity index (χ3v) is 4.05. The van der Waals surface area contributed by atoms with Gasteiger partial charge in [0, 0.05) is 5.92 Å². The van der Waals surface area contributed by atoms with Crippen molar-refractivity contribution in [1.82, 2.24) is 5.32 Å². The number of ether oxygens (including phenoxy) is 1. The van der Waals surface area contributed by atoms with Gasteiger partial charge in [-0.15, -0.1) is 0 Å². The Hall–Kier alpha value is -1.84. The Morgan fingerprint density at radius 2 is 1.95 bits per heavy atom. The molecule has 1 aromatic carbocycles. The minimum atomic E-state index is -0.721. The summed E-state index contributed by atoms with van der Waals surface area (Å²) in [6.45, 7) is 2.09. The van der Waals surface area contributed by atoms with Gasteiger partial charge in [0.2, 0.25) is 5.91 Å². The van der Waals surface area contributed by atoms with Crippen molar-refractivity contribution in [3.8, 4) is 0 Å². The molecule has 4 heteroatoms. The molecule has 1 amide bonds. The molecule has 3 atom stereocenters. The maximum Gasteiger partial charge on any atom is 0.333 e. The van der Waals surface area contributed by atoms with Crippen LogP contribution >= 0.6 is 0 Å². The van der Waals surface area contributed by atoms with Gasteiger partial charge in [-0.1, -0.05) is 43.7 Å². The predicted octanol–water partition coefficient (Wildman–Crippen LogP) is 2.45. The minimum Gasteiger partial charge on any atom is -0.467 e. The number of hydrogen-bond acceptors (Lipinski definition) is 3. The van der Waals surface area contributed by atoms with Crippen LogP contribution in [0.15, 0.2) is 30.3 Å². The molecule has 0 aliphatic heterocycles. The van der Waals surface area contributed by atoms with Crippen LogP contribution in [-0.4, -0.2) is 19.0 Å². The van der Waals surface area contributed by atoms with Gasteiger partial charge in [-0.2, -0.15) is 0 Å². The van der Waals surface area contributed by atoms with Gasteiger partial charge in [-0.25, -0.2) is 4.79 Å². The van der Waals surface area contributed by atoms with Crippen LogP contribution in [0.3, 0.4) is 0 Å². The third-order valence-electron chi connectivity index (χ3n) is 4.05. The molecule has 20 heavy (non-hydrogen) atoms. The number of benzene rings is 1. The molecule has 1 aromatic rings. The highest BCUT2D eigenvalue weighted by Gasteiger charge is 2.33. The zero-order valence-corrected chi connectivity index (χ0v) is 12.0. The van der Waals surface area contributed by atoms with E-state index in [4.69, 9.17) is 4.74 Å². The van der Waals surface area contributed by atoms with Crippen molar-refractivity contribution in [3.63, 3.8) is 0 Å². The smallest absolute Gasteiger partial charge is 0.333 e. The number of methoxy groups -OCH3 is 1. The molecule has 0 aromatic heterocycles. The predicted molar refractivity (Wildman–Crippen MR) is 75.8 cm³/mol. The number of rotatable bonds is 4. The van der Waals surface area contributed by atoms with Crippen molar-refractivity contribution < 1.29 is 14.3 Å². The van der Waals surface area contributed by atoms with Crippen molar-refractivity contribution >= 4 is 11.9 Å². The first-order valence-electron chi connectivity index (χ1n) is 7.06. The van der Waals surface area contributed by atoms with E-state index in [2.05, 4.69) is 12.2 Å². The lowest BCUT2D eigenvalue weighted by Crippen LogP contribution is -2.39. The Labute approximate surface area is 119 Å². The topological polar surface area (TPSA) is 55.4 Å². The summed E-state index contributed by atoms with van der Waals surface area (Å²) in [7, 11) is 1.34. The van der Waals surface area contributed by atoms with E-state index in [1.807, 2.05) is 30.3 Å². The molecule has 1 N–H and O–H groups in total. The van der Waals surface area contributed by atoms with Crippen LogP contribution in [0.1, 0.15) is 37.8 Å². The largest absolute Gasteiger partial charge is 0.467 e. The van der Waals surface area contributed by atoms with E-state index >= 15 is 0 Å². The van der Waals surface area contributed by atoms with Gasteiger partial charge < -0.3 is 10.1 Å². The number of carbonyl (C=O) groups excluding carboxylic acids is 2. The number of amides is 1. The number of esters is 1. The molecule has 0 saturated heterocycles. The Kier molecular flexibility index (Phi) is 4.77. The van der Waals surface area contributed by atoms with Crippen molar-refractivity contribution in [1.29, 1.82) is 0 Å². The maximum absolute atomic E-state index is 12.3. The summed E-state index contributed by atoms with van der Waals surface area (Å²) >= 11 is 0. The third kappa shape index (κ3) is 3.18. The summed E-state index contributed by atoms with van der Waals surface area (Å²) in [6, 6.07) is 8.48. The normalized spacial score (nSPS) is 23.1. The summed E-state index contributed by atoms with van der Waals surface area (Å²) < 4.78 is 4.80. The SMILES string of the molecule is COC(=O)C(NC(=O)C1CCCC1C)c1ccccc1. The zero-order valence-electron chi connectivity index (χ0n) is 12.0. The minimum absolute atomic E-state index is 0.00543. The molecule has 4 nitrogen and oxygen atoms in total. The molecule has 1 saturated carbocycles. The first-order valence-corrected chi connectivity index (χ1v) is 7.06. The van der Waals surface area contributed by atoms with E-state index < -0.39 is 12.0 Å². The molecule has 1 aliphatic carbocycles. The fourth-order valence-corrected chi connectivity index (χ4v) is 2.83. The van der Waals surface area contributed by atoms with Crippen molar-refractivity contribution in [2.24, 2.45) is 11.8 Å². The first-order chi connectivity index (χ1) is 9.63.